The molecule has 2 aromatic carbocycles. The van der Waals surface area contributed by atoms with E-state index in [4.69, 9.17) is 17.3 Å². The number of amides is 1. The molecule has 0 aliphatic heterocycles. The van der Waals surface area contributed by atoms with Crippen LogP contribution in [-0.2, 0) is 0 Å². The molecule has 2 rings (SSSR count). The van der Waals surface area contributed by atoms with Crippen LogP contribution in [-0.4, -0.2) is 5.91 Å². The van der Waals surface area contributed by atoms with Crippen molar-refractivity contribution >= 4 is 44.8 Å². The van der Waals surface area contributed by atoms with Crippen LogP contribution in [0.15, 0.2) is 40.9 Å². The van der Waals surface area contributed by atoms with Crippen LogP contribution in [0.2, 0.25) is 5.02 Å². The number of hydrogen-bond donors (Lipinski definition) is 2. The maximum absolute atomic E-state index is 12.1. The zero-order valence-electron chi connectivity index (χ0n) is 10.2. The molecular formula is C14H12BrClN2O. The van der Waals surface area contributed by atoms with E-state index >= 15 is 0 Å². The molecule has 3 nitrogen and oxygen atoms in total. The number of rotatable bonds is 2. The summed E-state index contributed by atoms with van der Waals surface area (Å²) in [4.78, 5) is 12.1. The van der Waals surface area contributed by atoms with E-state index in [0.717, 1.165) is 10.0 Å². The van der Waals surface area contributed by atoms with Gasteiger partial charge >= 0.3 is 0 Å². The average molecular weight is 340 g/mol. The first-order chi connectivity index (χ1) is 8.97. The first kappa shape index (κ1) is 13.9. The van der Waals surface area contributed by atoms with Gasteiger partial charge in [-0.15, -0.1) is 0 Å². The van der Waals surface area contributed by atoms with Crippen molar-refractivity contribution in [1.29, 1.82) is 0 Å². The van der Waals surface area contributed by atoms with E-state index in [1.165, 1.54) is 0 Å². The fourth-order valence-electron chi connectivity index (χ4n) is 1.69. The Bertz CT molecular complexity index is 643. The number of aryl methyl sites for hydroxylation is 1. The molecule has 0 bridgehead atoms. The van der Waals surface area contributed by atoms with Crippen molar-refractivity contribution in [2.45, 2.75) is 6.92 Å². The summed E-state index contributed by atoms with van der Waals surface area (Å²) in [5.41, 5.74) is 8.43. The van der Waals surface area contributed by atoms with Gasteiger partial charge < -0.3 is 11.1 Å². The highest BCUT2D eigenvalue weighted by atomic mass is 79.9. The van der Waals surface area contributed by atoms with Crippen LogP contribution in [0.25, 0.3) is 0 Å². The van der Waals surface area contributed by atoms with Crippen LogP contribution in [0.5, 0.6) is 0 Å². The fourth-order valence-corrected chi connectivity index (χ4v) is 2.29. The minimum absolute atomic E-state index is 0.175. The number of nitrogen functional groups attached to an aromatic ring is 1. The van der Waals surface area contributed by atoms with E-state index in [2.05, 4.69) is 21.2 Å². The van der Waals surface area contributed by atoms with Gasteiger partial charge in [0.1, 0.15) is 0 Å². The zero-order chi connectivity index (χ0) is 14.0. The van der Waals surface area contributed by atoms with Gasteiger partial charge in [-0.3, -0.25) is 4.79 Å². The fraction of sp³-hybridized carbons (Fsp3) is 0.0714. The molecule has 0 fully saturated rings. The maximum atomic E-state index is 12.1. The second kappa shape index (κ2) is 5.63. The van der Waals surface area contributed by atoms with E-state index in [1.807, 2.05) is 6.92 Å². The third-order valence-corrected chi connectivity index (χ3v) is 3.61. The lowest BCUT2D eigenvalue weighted by atomic mass is 10.1. The quantitative estimate of drug-likeness (QED) is 0.804. The second-order valence-corrected chi connectivity index (χ2v) is 5.44. The van der Waals surface area contributed by atoms with E-state index in [-0.39, 0.29) is 5.91 Å². The van der Waals surface area contributed by atoms with Gasteiger partial charge in [-0.1, -0.05) is 11.6 Å². The molecule has 5 heteroatoms. The molecule has 0 saturated heterocycles. The van der Waals surface area contributed by atoms with Gasteiger partial charge in [-0.25, -0.2) is 0 Å². The van der Waals surface area contributed by atoms with Gasteiger partial charge in [0.25, 0.3) is 5.91 Å². The number of carbonyl (C=O) groups is 1. The molecule has 2 aromatic rings. The number of halogens is 2. The topological polar surface area (TPSA) is 55.1 Å². The summed E-state index contributed by atoms with van der Waals surface area (Å²) < 4.78 is 0.748. The Hall–Kier alpha value is -1.52. The third kappa shape index (κ3) is 3.28. The molecule has 0 heterocycles. The lowest BCUT2D eigenvalue weighted by Gasteiger charge is -2.09. The summed E-state index contributed by atoms with van der Waals surface area (Å²) in [5.74, 6) is -0.175. The van der Waals surface area contributed by atoms with Crippen LogP contribution in [0.4, 0.5) is 11.4 Å². The van der Waals surface area contributed by atoms with Gasteiger partial charge in [-0.05, 0) is 64.8 Å². The molecule has 0 aliphatic rings. The Balaban J connectivity index is 2.23. The predicted octanol–water partition coefficient (Wildman–Crippen LogP) is 4.25. The summed E-state index contributed by atoms with van der Waals surface area (Å²) in [6.07, 6.45) is 0. The summed E-state index contributed by atoms with van der Waals surface area (Å²) in [5, 5.41) is 3.43. The molecule has 0 radical (unpaired) electrons. The molecule has 19 heavy (non-hydrogen) atoms. The first-order valence-corrected chi connectivity index (χ1v) is 6.77. The molecule has 0 spiro atoms. The van der Waals surface area contributed by atoms with Crippen molar-refractivity contribution in [1.82, 2.24) is 0 Å². The predicted molar refractivity (Wildman–Crippen MR) is 82.7 cm³/mol. The largest absolute Gasteiger partial charge is 0.398 e. The molecule has 0 aliphatic carbocycles. The molecule has 98 valence electrons. The van der Waals surface area contributed by atoms with E-state index in [1.54, 1.807) is 36.4 Å². The Morgan fingerprint density at radius 3 is 2.63 bits per heavy atom. The van der Waals surface area contributed by atoms with Crippen molar-refractivity contribution < 1.29 is 4.79 Å². The van der Waals surface area contributed by atoms with E-state index in [0.29, 0.717) is 22.0 Å². The Kier molecular flexibility index (Phi) is 4.12. The Labute approximate surface area is 124 Å². The number of nitrogens with two attached hydrogens (primary N) is 1. The summed E-state index contributed by atoms with van der Waals surface area (Å²) in [6.45, 7) is 1.85. The van der Waals surface area contributed by atoms with Gasteiger partial charge in [0.2, 0.25) is 0 Å². The lowest BCUT2D eigenvalue weighted by molar-refractivity contribution is 0.102. The van der Waals surface area contributed by atoms with Crippen molar-refractivity contribution in [2.24, 2.45) is 0 Å². The number of nitrogens with one attached hydrogen (secondary N) is 1. The SMILES string of the molecule is Cc1cc(Cl)ccc1C(=O)Nc1ccc(N)c(Br)c1. The minimum Gasteiger partial charge on any atom is -0.398 e. The molecule has 0 atom stereocenters. The summed E-state index contributed by atoms with van der Waals surface area (Å²) in [7, 11) is 0. The number of hydrogen-bond acceptors (Lipinski definition) is 2. The Morgan fingerprint density at radius 1 is 1.26 bits per heavy atom. The van der Waals surface area contributed by atoms with E-state index in [9.17, 15) is 4.79 Å². The van der Waals surface area contributed by atoms with Crippen LogP contribution in [0.3, 0.4) is 0 Å². The molecule has 1 amide bonds. The van der Waals surface area contributed by atoms with Gasteiger partial charge in [0.05, 0.1) is 0 Å². The van der Waals surface area contributed by atoms with Crippen LogP contribution < -0.4 is 11.1 Å². The monoisotopic (exact) mass is 338 g/mol. The van der Waals surface area contributed by atoms with Gasteiger partial charge in [0, 0.05) is 26.4 Å². The molecule has 0 aromatic heterocycles. The van der Waals surface area contributed by atoms with Gasteiger partial charge in [-0.2, -0.15) is 0 Å². The van der Waals surface area contributed by atoms with Crippen molar-refractivity contribution in [3.05, 3.63) is 57.0 Å². The smallest absolute Gasteiger partial charge is 0.255 e. The summed E-state index contributed by atoms with van der Waals surface area (Å²) in [6, 6.07) is 10.4. The van der Waals surface area contributed by atoms with Crippen LogP contribution in [0, 0.1) is 6.92 Å². The number of benzene rings is 2. The highest BCUT2D eigenvalue weighted by Crippen LogP contribution is 2.24. The van der Waals surface area contributed by atoms with Crippen molar-refractivity contribution in [3.8, 4) is 0 Å². The first-order valence-electron chi connectivity index (χ1n) is 5.60. The highest BCUT2D eigenvalue weighted by Gasteiger charge is 2.10. The zero-order valence-corrected chi connectivity index (χ0v) is 12.5. The number of anilines is 2. The summed E-state index contributed by atoms with van der Waals surface area (Å²) >= 11 is 9.19. The second-order valence-electron chi connectivity index (χ2n) is 4.15. The molecule has 3 N–H and O–H groups in total. The maximum Gasteiger partial charge on any atom is 0.255 e. The molecular weight excluding hydrogens is 328 g/mol. The van der Waals surface area contributed by atoms with Crippen molar-refractivity contribution in [3.63, 3.8) is 0 Å². The van der Waals surface area contributed by atoms with Crippen LogP contribution >= 0.6 is 27.5 Å². The van der Waals surface area contributed by atoms with Crippen LogP contribution in [0.1, 0.15) is 15.9 Å². The Morgan fingerprint density at radius 2 is 2.00 bits per heavy atom. The average Bonchev–Trinajstić information content (AvgIpc) is 2.33. The standard InChI is InChI=1S/C14H12BrClN2O/c1-8-6-9(16)2-4-11(8)14(19)18-10-3-5-13(17)12(15)7-10/h2-7H,17H2,1H3,(H,18,19). The highest BCUT2D eigenvalue weighted by molar-refractivity contribution is 9.10. The normalized spacial score (nSPS) is 10.3. The van der Waals surface area contributed by atoms with E-state index < -0.39 is 0 Å². The third-order valence-electron chi connectivity index (χ3n) is 2.69. The lowest BCUT2D eigenvalue weighted by Crippen LogP contribution is -2.13. The minimum atomic E-state index is -0.175. The van der Waals surface area contributed by atoms with Gasteiger partial charge in [0.15, 0.2) is 0 Å². The number of carbonyl (C=O) groups excluding carboxylic acids is 1. The van der Waals surface area contributed by atoms with Crippen molar-refractivity contribution in [2.75, 3.05) is 11.1 Å². The molecule has 0 unspecified atom stereocenters. The molecule has 0 saturated carbocycles.